The quantitative estimate of drug-likeness (QED) is 0.401. The maximum atomic E-state index is 13.1. The molecule has 1 atom stereocenters. The van der Waals surface area contributed by atoms with Crippen LogP contribution in [0.4, 0.5) is 5.69 Å². The van der Waals surface area contributed by atoms with Crippen LogP contribution in [0.15, 0.2) is 83.8 Å². The molecule has 3 aromatic rings. The highest BCUT2D eigenvalue weighted by atomic mass is 32.2. The summed E-state index contributed by atoms with van der Waals surface area (Å²) >= 11 is 0. The van der Waals surface area contributed by atoms with E-state index in [0.29, 0.717) is 37.2 Å². The van der Waals surface area contributed by atoms with Crippen molar-refractivity contribution in [2.24, 2.45) is 0 Å². The lowest BCUT2D eigenvalue weighted by Crippen LogP contribution is -2.29. The highest BCUT2D eigenvalue weighted by Gasteiger charge is 2.30. The minimum Gasteiger partial charge on any atom is -0.493 e. The summed E-state index contributed by atoms with van der Waals surface area (Å²) in [5.41, 5.74) is 3.25. The predicted molar refractivity (Wildman–Crippen MR) is 139 cm³/mol. The van der Waals surface area contributed by atoms with Crippen molar-refractivity contribution < 1.29 is 28.2 Å². The fourth-order valence-electron chi connectivity index (χ4n) is 4.14. The van der Waals surface area contributed by atoms with E-state index in [1.54, 1.807) is 48.6 Å². The number of aliphatic carboxylic acids is 1. The van der Waals surface area contributed by atoms with E-state index >= 15 is 0 Å². The summed E-state index contributed by atoms with van der Waals surface area (Å²) in [6.07, 6.45) is 4.08. The van der Waals surface area contributed by atoms with E-state index in [0.717, 1.165) is 16.7 Å². The molecule has 0 saturated heterocycles. The molecule has 1 aliphatic heterocycles. The minimum atomic E-state index is -3.64. The Morgan fingerprint density at radius 2 is 1.81 bits per heavy atom. The van der Waals surface area contributed by atoms with E-state index in [-0.39, 0.29) is 17.9 Å². The number of sulfonamides is 1. The van der Waals surface area contributed by atoms with Crippen molar-refractivity contribution in [3.05, 3.63) is 95.6 Å². The Morgan fingerprint density at radius 3 is 2.58 bits per heavy atom. The molecular weight excluding hydrogens is 478 g/mol. The first-order valence-corrected chi connectivity index (χ1v) is 13.3. The molecule has 0 aromatic heterocycles. The molecule has 7 nitrogen and oxygen atoms in total. The Labute approximate surface area is 211 Å². The van der Waals surface area contributed by atoms with Crippen LogP contribution in [0.3, 0.4) is 0 Å². The number of hydrogen-bond donors (Lipinski definition) is 2. The third-order valence-corrected chi connectivity index (χ3v) is 7.88. The van der Waals surface area contributed by atoms with Gasteiger partial charge in [0.25, 0.3) is 10.0 Å². The number of carbonyl (C=O) groups is 1. The summed E-state index contributed by atoms with van der Waals surface area (Å²) < 4.78 is 33.5. The normalized spacial score (nSPS) is 14.1. The summed E-state index contributed by atoms with van der Waals surface area (Å²) in [7, 11) is -3.64. The predicted octanol–water partition coefficient (Wildman–Crippen LogP) is 4.30. The molecule has 2 N–H and O–H groups in total. The monoisotopic (exact) mass is 507 g/mol. The average molecular weight is 508 g/mol. The summed E-state index contributed by atoms with van der Waals surface area (Å²) in [6, 6.07) is 21.4. The van der Waals surface area contributed by atoms with Gasteiger partial charge in [0.05, 0.1) is 23.3 Å². The number of anilines is 1. The Balaban J connectivity index is 1.37. The molecule has 8 heteroatoms. The van der Waals surface area contributed by atoms with Crippen LogP contribution in [0.25, 0.3) is 6.08 Å². The second-order valence-corrected chi connectivity index (χ2v) is 10.5. The maximum Gasteiger partial charge on any atom is 0.303 e. The van der Waals surface area contributed by atoms with E-state index in [2.05, 4.69) is 0 Å². The van der Waals surface area contributed by atoms with Crippen molar-refractivity contribution in [3.8, 4) is 5.75 Å². The number of aryl methyl sites for hydroxylation is 1. The summed E-state index contributed by atoms with van der Waals surface area (Å²) in [6.45, 7) is 0.663. The van der Waals surface area contributed by atoms with Gasteiger partial charge in [-0.2, -0.15) is 0 Å². The topological polar surface area (TPSA) is 104 Å². The third-order valence-electron chi connectivity index (χ3n) is 6.06. The molecule has 0 unspecified atom stereocenters. The van der Waals surface area contributed by atoms with Gasteiger partial charge in [-0.05, 0) is 53.8 Å². The third kappa shape index (κ3) is 6.13. The second kappa shape index (κ2) is 11.4. The maximum absolute atomic E-state index is 13.1. The molecule has 0 bridgehead atoms. The Morgan fingerprint density at radius 1 is 1.06 bits per heavy atom. The number of aliphatic hydroxyl groups excluding tert-OH is 1. The number of aliphatic hydroxyl groups is 1. The molecule has 0 amide bonds. The van der Waals surface area contributed by atoms with Gasteiger partial charge in [-0.3, -0.25) is 9.10 Å². The Hall–Kier alpha value is -3.62. The van der Waals surface area contributed by atoms with Gasteiger partial charge in [-0.15, -0.1) is 0 Å². The molecule has 4 rings (SSSR count). The fourth-order valence-corrected chi connectivity index (χ4v) is 5.66. The number of ether oxygens (including phenoxy) is 1. The molecule has 3 aromatic carbocycles. The number of hydrogen-bond acceptors (Lipinski definition) is 5. The van der Waals surface area contributed by atoms with Crippen LogP contribution >= 0.6 is 0 Å². The average Bonchev–Trinajstić information content (AvgIpc) is 3.31. The van der Waals surface area contributed by atoms with Gasteiger partial charge in [0.15, 0.2) is 0 Å². The number of nitrogens with zero attached hydrogens (tertiary/aromatic N) is 1. The van der Waals surface area contributed by atoms with E-state index < -0.39 is 22.1 Å². The van der Waals surface area contributed by atoms with Gasteiger partial charge in [0.1, 0.15) is 5.75 Å². The van der Waals surface area contributed by atoms with Crippen LogP contribution in [0, 0.1) is 0 Å². The number of rotatable bonds is 11. The summed E-state index contributed by atoms with van der Waals surface area (Å²) in [4.78, 5) is 11.1. The van der Waals surface area contributed by atoms with Crippen LogP contribution in [0.5, 0.6) is 5.75 Å². The number of fused-ring (bicyclic) bond motifs is 1. The van der Waals surface area contributed by atoms with Crippen LogP contribution in [0.2, 0.25) is 0 Å². The zero-order valence-corrected chi connectivity index (χ0v) is 20.6. The van der Waals surface area contributed by atoms with Gasteiger partial charge in [0.2, 0.25) is 0 Å². The Kier molecular flexibility index (Phi) is 8.07. The number of benzene rings is 3. The lowest BCUT2D eigenvalue weighted by molar-refractivity contribution is -0.136. The van der Waals surface area contributed by atoms with Crippen LogP contribution in [0.1, 0.15) is 29.5 Å². The van der Waals surface area contributed by atoms with Crippen LogP contribution < -0.4 is 9.04 Å². The van der Waals surface area contributed by atoms with Gasteiger partial charge in [-0.25, -0.2) is 8.42 Å². The number of carboxylic acids is 1. The van der Waals surface area contributed by atoms with Crippen molar-refractivity contribution in [3.63, 3.8) is 0 Å². The molecule has 0 fully saturated rings. The first-order valence-electron chi connectivity index (χ1n) is 11.8. The van der Waals surface area contributed by atoms with Crippen molar-refractivity contribution in [2.45, 2.75) is 36.7 Å². The molecule has 0 spiro atoms. The molecule has 188 valence electrons. The molecule has 0 saturated carbocycles. The summed E-state index contributed by atoms with van der Waals surface area (Å²) in [5, 5.41) is 19.3. The molecule has 1 heterocycles. The second-order valence-electron chi connectivity index (χ2n) is 8.59. The minimum absolute atomic E-state index is 0.0244. The smallest absolute Gasteiger partial charge is 0.303 e. The lowest BCUT2D eigenvalue weighted by atomic mass is 10.1. The van der Waals surface area contributed by atoms with Gasteiger partial charge in [0, 0.05) is 19.4 Å². The summed E-state index contributed by atoms with van der Waals surface area (Å²) in [5.74, 6) is -0.244. The molecule has 0 aliphatic carbocycles. The van der Waals surface area contributed by atoms with Crippen molar-refractivity contribution in [1.82, 2.24) is 0 Å². The molecular formula is C28H29NO6S. The van der Waals surface area contributed by atoms with E-state index in [4.69, 9.17) is 9.84 Å². The Bertz CT molecular complexity index is 1340. The zero-order chi connectivity index (χ0) is 25.5. The fraction of sp³-hybridized carbons (Fsp3) is 0.250. The number of para-hydroxylation sites is 1. The van der Waals surface area contributed by atoms with E-state index in [1.807, 2.05) is 36.4 Å². The first kappa shape index (κ1) is 25.5. The van der Waals surface area contributed by atoms with Crippen LogP contribution in [-0.2, 0) is 27.7 Å². The molecule has 36 heavy (non-hydrogen) atoms. The van der Waals surface area contributed by atoms with Crippen molar-refractivity contribution >= 4 is 27.8 Å². The largest absolute Gasteiger partial charge is 0.493 e. The first-order chi connectivity index (χ1) is 17.3. The van der Waals surface area contributed by atoms with E-state index in [1.165, 1.54) is 4.31 Å². The SMILES string of the molecule is O=C(O)CCc1ccccc1OCC[C@@H](O)/C=C/c1ccc2c(c1)N(S(=O)(=O)c1ccccc1)CC2. The molecule has 0 radical (unpaired) electrons. The van der Waals surface area contributed by atoms with E-state index in [9.17, 15) is 18.3 Å². The molecule has 1 aliphatic rings. The van der Waals surface area contributed by atoms with Gasteiger partial charge < -0.3 is 14.9 Å². The van der Waals surface area contributed by atoms with Crippen molar-refractivity contribution in [2.75, 3.05) is 17.5 Å². The highest BCUT2D eigenvalue weighted by molar-refractivity contribution is 7.92. The van der Waals surface area contributed by atoms with Gasteiger partial charge in [-0.1, -0.05) is 60.7 Å². The highest BCUT2D eigenvalue weighted by Crippen LogP contribution is 2.34. The standard InChI is InChI=1S/C28H29NO6S/c30-24(17-19-35-27-9-5-4-6-23(27)13-15-28(31)32)14-11-21-10-12-22-16-18-29(26(22)20-21)36(33,34)25-7-2-1-3-8-25/h1-12,14,20,24,30H,13,15-19H2,(H,31,32)/b14-11+/t24-/m0/s1. The number of carboxylic acid groups (broad SMARTS) is 1. The van der Waals surface area contributed by atoms with Crippen molar-refractivity contribution in [1.29, 1.82) is 0 Å². The van der Waals surface area contributed by atoms with Crippen LogP contribution in [-0.4, -0.2) is 43.9 Å². The lowest BCUT2D eigenvalue weighted by Gasteiger charge is -2.20. The van der Waals surface area contributed by atoms with Gasteiger partial charge >= 0.3 is 5.97 Å². The zero-order valence-electron chi connectivity index (χ0n) is 19.8.